The van der Waals surface area contributed by atoms with Gasteiger partial charge in [-0.15, -0.1) is 11.3 Å². The summed E-state index contributed by atoms with van der Waals surface area (Å²) in [7, 11) is 0. The van der Waals surface area contributed by atoms with E-state index in [0.717, 1.165) is 26.0 Å². The van der Waals surface area contributed by atoms with Gasteiger partial charge in [0.2, 0.25) is 5.95 Å². The number of thiophene rings is 1. The Kier molecular flexibility index (Phi) is 3.87. The van der Waals surface area contributed by atoms with E-state index in [2.05, 4.69) is 15.1 Å². The molecule has 0 radical (unpaired) electrons. The van der Waals surface area contributed by atoms with Crippen LogP contribution in [-0.4, -0.2) is 56.4 Å². The SMILES string of the molecule is Cc1c(C(=O)N2CC3CCC(C2)OC3)cnn1-c1nc2ccsc2c(=O)[nH]1. The largest absolute Gasteiger partial charge is 0.376 e. The van der Waals surface area contributed by atoms with Gasteiger partial charge in [-0.25, -0.2) is 9.67 Å². The van der Waals surface area contributed by atoms with Crippen LogP contribution in [-0.2, 0) is 4.74 Å². The van der Waals surface area contributed by atoms with Crippen molar-refractivity contribution < 1.29 is 9.53 Å². The van der Waals surface area contributed by atoms with Crippen molar-refractivity contribution in [2.45, 2.75) is 25.9 Å². The van der Waals surface area contributed by atoms with E-state index in [4.69, 9.17) is 4.74 Å². The topological polar surface area (TPSA) is 93.1 Å². The Labute approximate surface area is 158 Å². The first kappa shape index (κ1) is 16.6. The number of H-pyrrole nitrogens is 1. The predicted octanol–water partition coefficient (Wildman–Crippen LogP) is 1.73. The van der Waals surface area contributed by atoms with E-state index in [0.29, 0.717) is 39.9 Å². The number of aromatic nitrogens is 4. The Bertz CT molecular complexity index is 1060. The van der Waals surface area contributed by atoms with Gasteiger partial charge in [0.05, 0.1) is 35.7 Å². The monoisotopic (exact) mass is 385 g/mol. The highest BCUT2D eigenvalue weighted by atomic mass is 32.1. The number of nitrogens with one attached hydrogen (secondary N) is 1. The molecule has 9 heteroatoms. The number of amides is 1. The molecule has 0 spiro atoms. The molecule has 0 aliphatic carbocycles. The second-order valence-electron chi connectivity index (χ2n) is 7.19. The highest BCUT2D eigenvalue weighted by Gasteiger charge is 2.33. The minimum atomic E-state index is -0.200. The van der Waals surface area contributed by atoms with Gasteiger partial charge >= 0.3 is 0 Å². The number of aromatic amines is 1. The second kappa shape index (κ2) is 6.28. The van der Waals surface area contributed by atoms with E-state index in [1.54, 1.807) is 12.3 Å². The summed E-state index contributed by atoms with van der Waals surface area (Å²) in [6.45, 7) is 3.89. The Morgan fingerprint density at radius 2 is 2.26 bits per heavy atom. The molecule has 6 rings (SSSR count). The Hall–Kier alpha value is -2.52. The zero-order valence-corrected chi connectivity index (χ0v) is 15.7. The second-order valence-corrected chi connectivity index (χ2v) is 8.10. The van der Waals surface area contributed by atoms with Gasteiger partial charge in [-0.05, 0) is 31.2 Å². The van der Waals surface area contributed by atoms with Crippen LogP contribution in [0.1, 0.15) is 28.9 Å². The number of ether oxygens (including phenoxy) is 1. The molecule has 3 aromatic heterocycles. The first-order valence-electron chi connectivity index (χ1n) is 9.03. The van der Waals surface area contributed by atoms with E-state index in [1.807, 2.05) is 17.2 Å². The summed E-state index contributed by atoms with van der Waals surface area (Å²) in [6.07, 6.45) is 3.81. The van der Waals surface area contributed by atoms with Crippen molar-refractivity contribution >= 4 is 27.5 Å². The molecule has 6 heterocycles. The van der Waals surface area contributed by atoms with Crippen LogP contribution in [0.15, 0.2) is 22.4 Å². The van der Waals surface area contributed by atoms with Crippen LogP contribution in [0.2, 0.25) is 0 Å². The molecule has 0 saturated carbocycles. The van der Waals surface area contributed by atoms with Crippen molar-refractivity contribution in [3.63, 3.8) is 0 Å². The van der Waals surface area contributed by atoms with Crippen LogP contribution in [0.3, 0.4) is 0 Å². The number of fused-ring (bicyclic) bond motifs is 5. The molecule has 140 valence electrons. The van der Waals surface area contributed by atoms with Gasteiger partial charge in [0.15, 0.2) is 0 Å². The zero-order chi connectivity index (χ0) is 18.5. The molecule has 3 aliphatic heterocycles. The van der Waals surface area contributed by atoms with E-state index >= 15 is 0 Å². The molecule has 1 amide bonds. The number of hydrogen-bond acceptors (Lipinski definition) is 6. The van der Waals surface area contributed by atoms with Crippen LogP contribution in [0.4, 0.5) is 0 Å². The summed E-state index contributed by atoms with van der Waals surface area (Å²) >= 11 is 1.35. The fourth-order valence-corrected chi connectivity index (χ4v) is 4.64. The van der Waals surface area contributed by atoms with Crippen LogP contribution < -0.4 is 5.56 Å². The third kappa shape index (κ3) is 2.78. The van der Waals surface area contributed by atoms with Gasteiger partial charge in [0.25, 0.3) is 11.5 Å². The predicted molar refractivity (Wildman–Crippen MR) is 100 cm³/mol. The lowest BCUT2D eigenvalue weighted by molar-refractivity contribution is 0.00468. The van der Waals surface area contributed by atoms with Crippen molar-refractivity contribution in [2.75, 3.05) is 19.7 Å². The fraction of sp³-hybridized carbons (Fsp3) is 0.444. The van der Waals surface area contributed by atoms with Crippen molar-refractivity contribution in [1.82, 2.24) is 24.6 Å². The molecule has 0 aromatic carbocycles. The molecule has 27 heavy (non-hydrogen) atoms. The van der Waals surface area contributed by atoms with Crippen molar-refractivity contribution in [1.29, 1.82) is 0 Å². The number of carbonyl (C=O) groups excluding carboxylic acids is 1. The Balaban J connectivity index is 1.49. The lowest BCUT2D eigenvalue weighted by Gasteiger charge is -2.22. The van der Waals surface area contributed by atoms with Gasteiger partial charge in [0.1, 0.15) is 4.70 Å². The molecule has 3 saturated heterocycles. The standard InChI is InChI=1S/C18H19N5O3S/c1-10-13(17(25)22-7-11-2-3-12(8-22)26-9-11)6-19-23(10)18-20-14-4-5-27-15(14)16(24)21-18/h4-6,11-12H,2-3,7-9H2,1H3,(H,20,21,24). The molecule has 3 aliphatic rings. The summed E-state index contributed by atoms with van der Waals surface area (Å²) in [6, 6.07) is 1.80. The van der Waals surface area contributed by atoms with Crippen LogP contribution in [0.25, 0.3) is 16.2 Å². The van der Waals surface area contributed by atoms with Crippen molar-refractivity contribution in [3.05, 3.63) is 39.3 Å². The first-order valence-corrected chi connectivity index (χ1v) is 9.91. The minimum Gasteiger partial charge on any atom is -0.376 e. The van der Waals surface area contributed by atoms with Crippen molar-refractivity contribution in [2.24, 2.45) is 5.92 Å². The highest BCUT2D eigenvalue weighted by Crippen LogP contribution is 2.27. The van der Waals surface area contributed by atoms with E-state index in [1.165, 1.54) is 16.0 Å². The third-order valence-corrected chi connectivity index (χ3v) is 6.30. The lowest BCUT2D eigenvalue weighted by atomic mass is 10.0. The first-order chi connectivity index (χ1) is 13.1. The number of nitrogens with zero attached hydrogens (tertiary/aromatic N) is 4. The molecule has 1 N–H and O–H groups in total. The maximum atomic E-state index is 13.1. The maximum Gasteiger partial charge on any atom is 0.270 e. The lowest BCUT2D eigenvalue weighted by Crippen LogP contribution is -2.36. The number of carbonyl (C=O) groups is 1. The van der Waals surface area contributed by atoms with E-state index < -0.39 is 0 Å². The van der Waals surface area contributed by atoms with Crippen LogP contribution >= 0.6 is 11.3 Å². The number of rotatable bonds is 2. The van der Waals surface area contributed by atoms with Crippen LogP contribution in [0, 0.1) is 12.8 Å². The van der Waals surface area contributed by atoms with E-state index in [9.17, 15) is 9.59 Å². The quantitative estimate of drug-likeness (QED) is 0.725. The zero-order valence-electron chi connectivity index (χ0n) is 14.8. The van der Waals surface area contributed by atoms with E-state index in [-0.39, 0.29) is 17.6 Å². The molecule has 8 nitrogen and oxygen atoms in total. The Morgan fingerprint density at radius 3 is 3.07 bits per heavy atom. The molecule has 2 bridgehead atoms. The summed E-state index contributed by atoms with van der Waals surface area (Å²) < 4.78 is 7.91. The summed E-state index contributed by atoms with van der Waals surface area (Å²) in [4.78, 5) is 34.4. The average molecular weight is 385 g/mol. The van der Waals surface area contributed by atoms with Gasteiger partial charge in [0, 0.05) is 19.0 Å². The summed E-state index contributed by atoms with van der Waals surface area (Å²) in [5.41, 5.74) is 1.62. The minimum absolute atomic E-state index is 0.0416. The Morgan fingerprint density at radius 1 is 1.37 bits per heavy atom. The molecule has 3 aromatic rings. The van der Waals surface area contributed by atoms with Gasteiger partial charge < -0.3 is 9.64 Å². The average Bonchev–Trinajstić information content (AvgIpc) is 3.17. The highest BCUT2D eigenvalue weighted by molar-refractivity contribution is 7.17. The molecule has 3 fully saturated rings. The number of hydrogen-bond donors (Lipinski definition) is 1. The van der Waals surface area contributed by atoms with Crippen molar-refractivity contribution in [3.8, 4) is 5.95 Å². The fourth-order valence-electron chi connectivity index (χ4n) is 3.91. The van der Waals surface area contributed by atoms with Gasteiger partial charge in [-0.3, -0.25) is 14.6 Å². The maximum absolute atomic E-state index is 13.1. The summed E-state index contributed by atoms with van der Waals surface area (Å²) in [5.74, 6) is 0.684. The third-order valence-electron chi connectivity index (χ3n) is 5.40. The van der Waals surface area contributed by atoms with Gasteiger partial charge in [-0.1, -0.05) is 0 Å². The normalized spacial score (nSPS) is 22.3. The smallest absolute Gasteiger partial charge is 0.270 e. The molecular formula is C18H19N5O3S. The van der Waals surface area contributed by atoms with Gasteiger partial charge in [-0.2, -0.15) is 5.10 Å². The summed E-state index contributed by atoms with van der Waals surface area (Å²) in [5, 5.41) is 6.15. The molecule has 2 unspecified atom stereocenters. The molecular weight excluding hydrogens is 366 g/mol. The molecule has 2 atom stereocenters. The van der Waals surface area contributed by atoms with Crippen LogP contribution in [0.5, 0.6) is 0 Å².